The van der Waals surface area contributed by atoms with Crippen molar-refractivity contribution in [2.45, 2.75) is 20.4 Å². The van der Waals surface area contributed by atoms with E-state index >= 15 is 0 Å². The van der Waals surface area contributed by atoms with Crippen LogP contribution in [0.15, 0.2) is 39.2 Å². The lowest BCUT2D eigenvalue weighted by molar-refractivity contribution is -0.117. The molecular formula is C16H19BrN2O2. The Kier molecular flexibility index (Phi) is 5.20. The number of nitrogens with one attached hydrogen (secondary N) is 1. The van der Waals surface area contributed by atoms with E-state index in [0.29, 0.717) is 13.1 Å². The molecule has 1 N–H and O–H groups in total. The second-order valence-corrected chi connectivity index (χ2v) is 6.07. The van der Waals surface area contributed by atoms with Crippen molar-refractivity contribution in [2.24, 2.45) is 0 Å². The first-order valence-electron chi connectivity index (χ1n) is 6.74. The molecule has 0 unspecified atom stereocenters. The van der Waals surface area contributed by atoms with Gasteiger partial charge in [-0.05, 0) is 66.7 Å². The fourth-order valence-corrected chi connectivity index (χ4v) is 2.64. The maximum absolute atomic E-state index is 12.1. The molecule has 0 bridgehead atoms. The minimum Gasteiger partial charge on any atom is -0.465 e. The lowest BCUT2D eigenvalue weighted by Crippen LogP contribution is -2.29. The van der Waals surface area contributed by atoms with Crippen molar-refractivity contribution in [1.29, 1.82) is 0 Å². The smallest absolute Gasteiger partial charge is 0.238 e. The van der Waals surface area contributed by atoms with Crippen LogP contribution in [0, 0.1) is 13.8 Å². The highest BCUT2D eigenvalue weighted by Crippen LogP contribution is 2.23. The Bertz CT molecular complexity index is 637. The summed E-state index contributed by atoms with van der Waals surface area (Å²) >= 11 is 3.46. The molecular weight excluding hydrogens is 332 g/mol. The minimum atomic E-state index is -0.0506. The van der Waals surface area contributed by atoms with E-state index in [9.17, 15) is 4.79 Å². The summed E-state index contributed by atoms with van der Waals surface area (Å²) in [4.78, 5) is 14.0. The summed E-state index contributed by atoms with van der Waals surface area (Å²) in [5.41, 5.74) is 1.93. The third-order valence-corrected chi connectivity index (χ3v) is 3.69. The van der Waals surface area contributed by atoms with Crippen LogP contribution in [-0.2, 0) is 11.3 Å². The van der Waals surface area contributed by atoms with Gasteiger partial charge in [0, 0.05) is 4.47 Å². The fraction of sp³-hybridized carbons (Fsp3) is 0.312. The van der Waals surface area contributed by atoms with Crippen molar-refractivity contribution in [3.63, 3.8) is 0 Å². The van der Waals surface area contributed by atoms with Crippen molar-refractivity contribution in [2.75, 3.05) is 18.9 Å². The van der Waals surface area contributed by atoms with E-state index in [1.54, 1.807) is 0 Å². The average molecular weight is 351 g/mol. The van der Waals surface area contributed by atoms with Crippen molar-refractivity contribution in [3.8, 4) is 0 Å². The molecule has 0 spiro atoms. The van der Waals surface area contributed by atoms with E-state index in [0.717, 1.165) is 27.2 Å². The number of carbonyl (C=O) groups excluding carboxylic acids is 1. The lowest BCUT2D eigenvalue weighted by atomic mass is 10.2. The van der Waals surface area contributed by atoms with Gasteiger partial charge in [0.2, 0.25) is 5.91 Å². The van der Waals surface area contributed by atoms with Crippen LogP contribution in [0.1, 0.15) is 17.1 Å². The predicted molar refractivity (Wildman–Crippen MR) is 87.3 cm³/mol. The van der Waals surface area contributed by atoms with Gasteiger partial charge in [-0.3, -0.25) is 9.69 Å². The van der Waals surface area contributed by atoms with Gasteiger partial charge in [-0.1, -0.05) is 6.07 Å². The van der Waals surface area contributed by atoms with Gasteiger partial charge in [-0.2, -0.15) is 0 Å². The van der Waals surface area contributed by atoms with Crippen molar-refractivity contribution in [3.05, 3.63) is 51.9 Å². The van der Waals surface area contributed by atoms with E-state index in [4.69, 9.17) is 4.42 Å². The summed E-state index contributed by atoms with van der Waals surface area (Å²) in [6, 6.07) is 9.70. The molecule has 0 saturated carbocycles. The normalized spacial score (nSPS) is 10.9. The molecule has 0 radical (unpaired) electrons. The Morgan fingerprint density at radius 2 is 2.05 bits per heavy atom. The first kappa shape index (κ1) is 15.8. The van der Waals surface area contributed by atoms with Gasteiger partial charge < -0.3 is 9.73 Å². The first-order chi connectivity index (χ1) is 9.94. The second kappa shape index (κ2) is 6.91. The fourth-order valence-electron chi connectivity index (χ4n) is 2.05. The molecule has 0 aliphatic rings. The Morgan fingerprint density at radius 3 is 2.67 bits per heavy atom. The number of rotatable bonds is 5. The molecule has 1 heterocycles. The maximum atomic E-state index is 12.1. The highest BCUT2D eigenvalue weighted by Gasteiger charge is 2.10. The number of nitrogens with zero attached hydrogens (tertiary/aromatic N) is 1. The number of furan rings is 1. The summed E-state index contributed by atoms with van der Waals surface area (Å²) in [7, 11) is 1.89. The summed E-state index contributed by atoms with van der Waals surface area (Å²) in [6.45, 7) is 4.83. The van der Waals surface area contributed by atoms with Gasteiger partial charge in [-0.25, -0.2) is 0 Å². The molecule has 0 fully saturated rings. The van der Waals surface area contributed by atoms with Crippen molar-refractivity contribution in [1.82, 2.24) is 4.90 Å². The summed E-state index contributed by atoms with van der Waals surface area (Å²) in [5.74, 6) is 1.69. The molecule has 4 nitrogen and oxygen atoms in total. The van der Waals surface area contributed by atoms with Gasteiger partial charge in [-0.15, -0.1) is 0 Å². The number of hydrogen-bond donors (Lipinski definition) is 1. The van der Waals surface area contributed by atoms with E-state index in [1.807, 2.05) is 56.1 Å². The molecule has 5 heteroatoms. The number of likely N-dealkylation sites (N-methyl/N-ethyl adjacent to an activating group) is 1. The zero-order chi connectivity index (χ0) is 15.4. The molecule has 2 rings (SSSR count). The zero-order valence-electron chi connectivity index (χ0n) is 12.4. The Morgan fingerprint density at radius 1 is 1.29 bits per heavy atom. The van der Waals surface area contributed by atoms with E-state index in [-0.39, 0.29) is 5.91 Å². The van der Waals surface area contributed by atoms with Crippen LogP contribution in [0.25, 0.3) is 0 Å². The first-order valence-corrected chi connectivity index (χ1v) is 7.53. The Hall–Kier alpha value is -1.59. The van der Waals surface area contributed by atoms with Gasteiger partial charge in [0.15, 0.2) is 0 Å². The Labute approximate surface area is 133 Å². The maximum Gasteiger partial charge on any atom is 0.238 e. The number of benzene rings is 1. The van der Waals surface area contributed by atoms with Crippen molar-refractivity contribution < 1.29 is 9.21 Å². The highest BCUT2D eigenvalue weighted by molar-refractivity contribution is 9.10. The van der Waals surface area contributed by atoms with Crippen LogP contribution in [0.2, 0.25) is 0 Å². The SMILES string of the molecule is Cc1ccc(NC(=O)CN(C)Cc2ccc(C)o2)c(Br)c1. The van der Waals surface area contributed by atoms with Crippen LogP contribution < -0.4 is 5.32 Å². The molecule has 1 amide bonds. The summed E-state index contributed by atoms with van der Waals surface area (Å²) in [6.07, 6.45) is 0. The summed E-state index contributed by atoms with van der Waals surface area (Å²) < 4.78 is 6.39. The minimum absolute atomic E-state index is 0.0506. The molecule has 0 saturated heterocycles. The number of halogens is 1. The zero-order valence-corrected chi connectivity index (χ0v) is 14.0. The number of carbonyl (C=O) groups is 1. The topological polar surface area (TPSA) is 45.5 Å². The van der Waals surface area contributed by atoms with Crippen LogP contribution >= 0.6 is 15.9 Å². The van der Waals surface area contributed by atoms with Gasteiger partial charge in [0.1, 0.15) is 11.5 Å². The quantitative estimate of drug-likeness (QED) is 0.893. The van der Waals surface area contributed by atoms with Crippen molar-refractivity contribution >= 4 is 27.5 Å². The standard InChI is InChI=1S/C16H19BrN2O2/c1-11-4-7-15(14(17)8-11)18-16(20)10-19(3)9-13-6-5-12(2)21-13/h4-8H,9-10H2,1-3H3,(H,18,20). The third-order valence-electron chi connectivity index (χ3n) is 3.03. The molecule has 112 valence electrons. The van der Waals surface area contributed by atoms with Gasteiger partial charge in [0.25, 0.3) is 0 Å². The third kappa shape index (κ3) is 4.72. The van der Waals surface area contributed by atoms with Crippen LogP contribution in [0.4, 0.5) is 5.69 Å². The molecule has 1 aromatic carbocycles. The molecule has 0 aliphatic carbocycles. The summed E-state index contributed by atoms with van der Waals surface area (Å²) in [5, 5.41) is 2.90. The molecule has 0 aliphatic heterocycles. The monoisotopic (exact) mass is 350 g/mol. The van der Waals surface area contributed by atoms with E-state index in [1.165, 1.54) is 0 Å². The number of amides is 1. The van der Waals surface area contributed by atoms with Crippen LogP contribution in [0.3, 0.4) is 0 Å². The second-order valence-electron chi connectivity index (χ2n) is 5.22. The average Bonchev–Trinajstić information content (AvgIpc) is 2.78. The van der Waals surface area contributed by atoms with Crippen LogP contribution in [0.5, 0.6) is 0 Å². The predicted octanol–water partition coefficient (Wildman–Crippen LogP) is 3.73. The van der Waals surface area contributed by atoms with E-state index in [2.05, 4.69) is 21.2 Å². The van der Waals surface area contributed by atoms with Gasteiger partial charge in [0.05, 0.1) is 18.8 Å². The number of aryl methyl sites for hydroxylation is 2. The molecule has 1 aromatic heterocycles. The van der Waals surface area contributed by atoms with Crippen LogP contribution in [-0.4, -0.2) is 24.4 Å². The lowest BCUT2D eigenvalue weighted by Gasteiger charge is -2.15. The van der Waals surface area contributed by atoms with Gasteiger partial charge >= 0.3 is 0 Å². The molecule has 21 heavy (non-hydrogen) atoms. The molecule has 2 aromatic rings. The largest absolute Gasteiger partial charge is 0.465 e. The Balaban J connectivity index is 1.89. The molecule has 0 atom stereocenters. The number of hydrogen-bond acceptors (Lipinski definition) is 3. The van der Waals surface area contributed by atoms with E-state index < -0.39 is 0 Å². The number of anilines is 1. The highest BCUT2D eigenvalue weighted by atomic mass is 79.9.